The monoisotopic (exact) mass is 276 g/mol. The smallest absolute Gasteiger partial charge is 0.312 e. The molecule has 0 radical (unpaired) electrons. The molecule has 0 fully saturated rings. The molecule has 0 amide bonds. The molecule has 0 aliphatic carbocycles. The predicted octanol–water partition coefficient (Wildman–Crippen LogP) is 1.44. The second kappa shape index (κ2) is 5.34. The average molecular weight is 276 g/mol. The van der Waals surface area contributed by atoms with Gasteiger partial charge in [-0.25, -0.2) is 4.39 Å². The summed E-state index contributed by atoms with van der Waals surface area (Å²) in [5.74, 6) is -2.22. The van der Waals surface area contributed by atoms with Crippen molar-refractivity contribution in [3.05, 3.63) is 29.6 Å². The summed E-state index contributed by atoms with van der Waals surface area (Å²) < 4.78 is 44.4. The summed E-state index contributed by atoms with van der Waals surface area (Å²) in [7, 11) is -2.50. The lowest BCUT2D eigenvalue weighted by atomic mass is 10.0. The SMILES string of the molecule is COC(=O)C(C)c1ccc(OS(C)(=O)=O)cc1F. The van der Waals surface area contributed by atoms with Gasteiger partial charge in [-0.2, -0.15) is 8.42 Å². The van der Waals surface area contributed by atoms with E-state index in [0.717, 1.165) is 12.3 Å². The van der Waals surface area contributed by atoms with Crippen LogP contribution in [0.1, 0.15) is 18.4 Å². The van der Waals surface area contributed by atoms with E-state index in [2.05, 4.69) is 8.92 Å². The van der Waals surface area contributed by atoms with Crippen molar-refractivity contribution in [2.45, 2.75) is 12.8 Å². The van der Waals surface area contributed by atoms with Crippen molar-refractivity contribution in [3.8, 4) is 5.75 Å². The van der Waals surface area contributed by atoms with E-state index in [-0.39, 0.29) is 11.3 Å². The zero-order valence-corrected chi connectivity index (χ0v) is 11.0. The Labute approximate surface area is 105 Å². The number of halogens is 1. The van der Waals surface area contributed by atoms with E-state index in [1.54, 1.807) is 0 Å². The zero-order chi connectivity index (χ0) is 13.9. The van der Waals surface area contributed by atoms with Gasteiger partial charge in [-0.3, -0.25) is 4.79 Å². The minimum Gasteiger partial charge on any atom is -0.469 e. The first-order valence-corrected chi connectivity index (χ1v) is 6.83. The molecular weight excluding hydrogens is 263 g/mol. The van der Waals surface area contributed by atoms with Gasteiger partial charge in [0, 0.05) is 11.6 Å². The predicted molar refractivity (Wildman–Crippen MR) is 62.3 cm³/mol. The number of esters is 1. The number of rotatable bonds is 4. The topological polar surface area (TPSA) is 69.7 Å². The van der Waals surface area contributed by atoms with E-state index in [1.807, 2.05) is 0 Å². The molecule has 0 aromatic heterocycles. The molecule has 1 atom stereocenters. The van der Waals surface area contributed by atoms with Crippen LogP contribution in [0.4, 0.5) is 4.39 Å². The van der Waals surface area contributed by atoms with Crippen molar-refractivity contribution >= 4 is 16.1 Å². The molecular formula is C11H13FO5S. The molecule has 0 saturated carbocycles. The summed E-state index contributed by atoms with van der Waals surface area (Å²) in [6, 6.07) is 3.48. The van der Waals surface area contributed by atoms with Crippen LogP contribution >= 0.6 is 0 Å². The fourth-order valence-electron chi connectivity index (χ4n) is 1.39. The Hall–Kier alpha value is -1.63. The molecule has 0 saturated heterocycles. The first-order valence-electron chi connectivity index (χ1n) is 5.01. The number of ether oxygens (including phenoxy) is 1. The highest BCUT2D eigenvalue weighted by Gasteiger charge is 2.20. The third-order valence-corrected chi connectivity index (χ3v) is 2.74. The van der Waals surface area contributed by atoms with E-state index in [4.69, 9.17) is 0 Å². The molecule has 100 valence electrons. The Morgan fingerprint density at radius 2 is 2.00 bits per heavy atom. The van der Waals surface area contributed by atoms with Gasteiger partial charge in [0.25, 0.3) is 0 Å². The van der Waals surface area contributed by atoms with E-state index in [0.29, 0.717) is 0 Å². The summed E-state index contributed by atoms with van der Waals surface area (Å²) in [5.41, 5.74) is 0.114. The number of carbonyl (C=O) groups excluding carboxylic acids is 1. The molecule has 0 spiro atoms. The van der Waals surface area contributed by atoms with E-state index < -0.39 is 27.8 Å². The molecule has 0 heterocycles. The maximum Gasteiger partial charge on any atom is 0.312 e. The molecule has 0 aliphatic rings. The molecule has 18 heavy (non-hydrogen) atoms. The second-order valence-electron chi connectivity index (χ2n) is 3.72. The van der Waals surface area contributed by atoms with Gasteiger partial charge in [0.15, 0.2) is 0 Å². The third-order valence-electron chi connectivity index (χ3n) is 2.24. The van der Waals surface area contributed by atoms with Crippen molar-refractivity contribution < 1.29 is 26.5 Å². The standard InChI is InChI=1S/C11H13FO5S/c1-7(11(13)16-2)9-5-4-8(6-10(9)12)17-18(3,14)15/h4-7H,1-3H3. The Bertz CT molecular complexity index is 553. The van der Waals surface area contributed by atoms with Crippen LogP contribution in [-0.4, -0.2) is 27.8 Å². The van der Waals surface area contributed by atoms with E-state index in [1.165, 1.54) is 26.2 Å². The molecule has 1 rings (SSSR count). The number of carbonyl (C=O) groups is 1. The van der Waals surface area contributed by atoms with Crippen LogP contribution in [0, 0.1) is 5.82 Å². The van der Waals surface area contributed by atoms with E-state index >= 15 is 0 Å². The molecule has 1 unspecified atom stereocenters. The van der Waals surface area contributed by atoms with Crippen LogP contribution in [-0.2, 0) is 19.6 Å². The Morgan fingerprint density at radius 1 is 1.39 bits per heavy atom. The summed E-state index contributed by atoms with van der Waals surface area (Å²) in [6.45, 7) is 1.49. The molecule has 0 aliphatic heterocycles. The number of methoxy groups -OCH3 is 1. The third kappa shape index (κ3) is 3.69. The highest BCUT2D eigenvalue weighted by atomic mass is 32.2. The van der Waals surface area contributed by atoms with Gasteiger partial charge in [-0.05, 0) is 13.0 Å². The lowest BCUT2D eigenvalue weighted by molar-refractivity contribution is -0.142. The minimum absolute atomic E-state index is 0.114. The van der Waals surface area contributed by atoms with Gasteiger partial charge in [0.1, 0.15) is 11.6 Å². The molecule has 1 aromatic carbocycles. The fraction of sp³-hybridized carbons (Fsp3) is 0.364. The van der Waals surface area contributed by atoms with Crippen LogP contribution < -0.4 is 4.18 Å². The molecule has 7 heteroatoms. The van der Waals surface area contributed by atoms with Crippen molar-refractivity contribution in [2.24, 2.45) is 0 Å². The van der Waals surface area contributed by atoms with Gasteiger partial charge in [0.05, 0.1) is 19.3 Å². The lowest BCUT2D eigenvalue weighted by Gasteiger charge is -2.11. The number of benzene rings is 1. The first-order chi connectivity index (χ1) is 8.24. The lowest BCUT2D eigenvalue weighted by Crippen LogP contribution is -2.12. The van der Waals surface area contributed by atoms with Crippen LogP contribution in [0.3, 0.4) is 0 Å². The Morgan fingerprint density at radius 3 is 2.44 bits per heavy atom. The van der Waals surface area contributed by atoms with Gasteiger partial charge >= 0.3 is 16.1 Å². The maximum absolute atomic E-state index is 13.7. The molecule has 0 N–H and O–H groups in total. The summed E-state index contributed by atoms with van der Waals surface area (Å²) in [5, 5.41) is 0. The highest BCUT2D eigenvalue weighted by Crippen LogP contribution is 2.24. The molecule has 5 nitrogen and oxygen atoms in total. The Kier molecular flexibility index (Phi) is 4.28. The number of hydrogen-bond donors (Lipinski definition) is 0. The van der Waals surface area contributed by atoms with Gasteiger partial charge in [0.2, 0.25) is 0 Å². The van der Waals surface area contributed by atoms with Gasteiger partial charge in [-0.15, -0.1) is 0 Å². The number of hydrogen-bond acceptors (Lipinski definition) is 5. The van der Waals surface area contributed by atoms with Gasteiger partial charge in [-0.1, -0.05) is 6.07 Å². The summed E-state index contributed by atoms with van der Waals surface area (Å²) in [4.78, 5) is 11.3. The first kappa shape index (κ1) is 14.4. The molecule has 1 aromatic rings. The van der Waals surface area contributed by atoms with Crippen LogP contribution in [0.15, 0.2) is 18.2 Å². The normalized spacial score (nSPS) is 12.9. The van der Waals surface area contributed by atoms with Crippen LogP contribution in [0.5, 0.6) is 5.75 Å². The largest absolute Gasteiger partial charge is 0.469 e. The zero-order valence-electron chi connectivity index (χ0n) is 10.1. The maximum atomic E-state index is 13.7. The second-order valence-corrected chi connectivity index (χ2v) is 5.29. The van der Waals surface area contributed by atoms with Gasteiger partial charge < -0.3 is 8.92 Å². The minimum atomic E-state index is -3.71. The molecule has 0 bridgehead atoms. The fourth-order valence-corrected chi connectivity index (χ4v) is 1.84. The highest BCUT2D eigenvalue weighted by molar-refractivity contribution is 7.86. The summed E-state index contributed by atoms with van der Waals surface area (Å²) in [6.07, 6.45) is 0.857. The van der Waals surface area contributed by atoms with Crippen molar-refractivity contribution in [3.63, 3.8) is 0 Å². The quantitative estimate of drug-likeness (QED) is 0.615. The van der Waals surface area contributed by atoms with Crippen molar-refractivity contribution in [1.82, 2.24) is 0 Å². The summed E-state index contributed by atoms with van der Waals surface area (Å²) >= 11 is 0. The Balaban J connectivity index is 3.03. The van der Waals surface area contributed by atoms with Crippen molar-refractivity contribution in [2.75, 3.05) is 13.4 Å². The average Bonchev–Trinajstić information content (AvgIpc) is 2.25. The van der Waals surface area contributed by atoms with Crippen LogP contribution in [0.2, 0.25) is 0 Å². The van der Waals surface area contributed by atoms with E-state index in [9.17, 15) is 17.6 Å². The van der Waals surface area contributed by atoms with Crippen molar-refractivity contribution in [1.29, 1.82) is 0 Å². The van der Waals surface area contributed by atoms with Crippen LogP contribution in [0.25, 0.3) is 0 Å².